The third-order valence-corrected chi connectivity index (χ3v) is 4.76. The molecule has 8 heteroatoms. The van der Waals surface area contributed by atoms with Crippen molar-refractivity contribution in [1.82, 2.24) is 15.4 Å². The number of amides is 1. The lowest BCUT2D eigenvalue weighted by molar-refractivity contribution is -0.137. The van der Waals surface area contributed by atoms with Crippen LogP contribution in [0.15, 0.2) is 59.1 Å². The van der Waals surface area contributed by atoms with Crippen molar-refractivity contribution in [3.63, 3.8) is 0 Å². The Labute approximate surface area is 172 Å². The molecule has 0 bridgehead atoms. The predicted octanol–water partition coefficient (Wildman–Crippen LogP) is 4.70. The molecule has 0 spiro atoms. The quantitative estimate of drug-likeness (QED) is 0.632. The highest BCUT2D eigenvalue weighted by Crippen LogP contribution is 2.31. The van der Waals surface area contributed by atoms with Gasteiger partial charge in [-0.3, -0.25) is 4.79 Å². The lowest BCUT2D eigenvalue weighted by Gasteiger charge is -2.25. The number of rotatable bonds is 6. The van der Waals surface area contributed by atoms with Crippen LogP contribution in [0, 0.1) is 6.92 Å². The monoisotopic (exact) mass is 417 g/mol. The number of aryl methyl sites for hydroxylation is 1. The van der Waals surface area contributed by atoms with Crippen molar-refractivity contribution in [3.05, 3.63) is 77.0 Å². The second-order valence-electron chi connectivity index (χ2n) is 7.26. The molecule has 0 aliphatic carbocycles. The van der Waals surface area contributed by atoms with Crippen molar-refractivity contribution in [2.75, 3.05) is 20.6 Å². The topological polar surface area (TPSA) is 58.4 Å². The Balaban J connectivity index is 1.71. The molecule has 5 nitrogen and oxygen atoms in total. The molecule has 158 valence electrons. The first-order valence-corrected chi connectivity index (χ1v) is 9.30. The van der Waals surface area contributed by atoms with Crippen molar-refractivity contribution < 1.29 is 22.5 Å². The molecule has 0 saturated heterocycles. The summed E-state index contributed by atoms with van der Waals surface area (Å²) in [5, 5.41) is 6.53. The zero-order chi connectivity index (χ0) is 21.9. The molecule has 0 radical (unpaired) electrons. The second-order valence-corrected chi connectivity index (χ2v) is 7.26. The number of aromatic nitrogens is 1. The number of carbonyl (C=O) groups excluding carboxylic acids is 1. The number of halogens is 3. The zero-order valence-electron chi connectivity index (χ0n) is 16.8. The second kappa shape index (κ2) is 8.71. The maximum Gasteiger partial charge on any atom is 0.416 e. The molecule has 1 aromatic heterocycles. The number of hydrogen-bond donors (Lipinski definition) is 1. The van der Waals surface area contributed by atoms with Gasteiger partial charge in [-0.25, -0.2) is 0 Å². The van der Waals surface area contributed by atoms with Crippen LogP contribution in [0.1, 0.15) is 33.2 Å². The summed E-state index contributed by atoms with van der Waals surface area (Å²) in [7, 11) is 3.48. The fourth-order valence-electron chi connectivity index (χ4n) is 3.04. The van der Waals surface area contributed by atoms with E-state index in [1.54, 1.807) is 25.1 Å². The Morgan fingerprint density at radius 2 is 1.83 bits per heavy atom. The number of hydrogen-bond acceptors (Lipinski definition) is 4. The first-order chi connectivity index (χ1) is 14.1. The van der Waals surface area contributed by atoms with Gasteiger partial charge in [0.05, 0.1) is 11.6 Å². The Kier molecular flexibility index (Phi) is 6.26. The molecule has 0 aliphatic rings. The van der Waals surface area contributed by atoms with Gasteiger partial charge in [0.15, 0.2) is 11.5 Å². The third kappa shape index (κ3) is 5.07. The van der Waals surface area contributed by atoms with E-state index in [0.29, 0.717) is 11.3 Å². The van der Waals surface area contributed by atoms with Gasteiger partial charge in [-0.15, -0.1) is 0 Å². The van der Waals surface area contributed by atoms with Gasteiger partial charge in [0.2, 0.25) is 0 Å². The van der Waals surface area contributed by atoms with Gasteiger partial charge < -0.3 is 14.7 Å². The van der Waals surface area contributed by atoms with E-state index in [2.05, 4.69) is 10.5 Å². The Morgan fingerprint density at radius 3 is 2.47 bits per heavy atom. The molecule has 0 aliphatic heterocycles. The summed E-state index contributed by atoms with van der Waals surface area (Å²) in [5.41, 5.74) is 1.72. The van der Waals surface area contributed by atoms with E-state index in [9.17, 15) is 18.0 Å². The summed E-state index contributed by atoms with van der Waals surface area (Å²) >= 11 is 0. The van der Waals surface area contributed by atoms with Crippen LogP contribution in [-0.4, -0.2) is 36.6 Å². The highest BCUT2D eigenvalue weighted by molar-refractivity contribution is 5.93. The average Bonchev–Trinajstić information content (AvgIpc) is 3.18. The lowest BCUT2D eigenvalue weighted by Crippen LogP contribution is -2.34. The molecule has 1 N–H and O–H groups in total. The van der Waals surface area contributed by atoms with E-state index in [1.807, 2.05) is 31.2 Å². The summed E-state index contributed by atoms with van der Waals surface area (Å²) in [6, 6.07) is 13.8. The summed E-state index contributed by atoms with van der Waals surface area (Å²) < 4.78 is 44.3. The van der Waals surface area contributed by atoms with Gasteiger partial charge in [0, 0.05) is 18.2 Å². The van der Waals surface area contributed by atoms with Crippen LogP contribution in [0.5, 0.6) is 0 Å². The first kappa shape index (κ1) is 21.6. The van der Waals surface area contributed by atoms with Crippen LogP contribution in [-0.2, 0) is 6.18 Å². The van der Waals surface area contributed by atoms with Crippen LogP contribution in [0.3, 0.4) is 0 Å². The molecular formula is C22H22F3N3O2. The van der Waals surface area contributed by atoms with Gasteiger partial charge in [0.1, 0.15) is 0 Å². The molecule has 3 aromatic rings. The minimum atomic E-state index is -4.43. The number of likely N-dealkylation sites (N-methyl/N-ethyl adjacent to an activating group) is 1. The lowest BCUT2D eigenvalue weighted by atomic mass is 10.0. The van der Waals surface area contributed by atoms with Crippen LogP contribution >= 0.6 is 0 Å². The fourth-order valence-corrected chi connectivity index (χ4v) is 3.04. The number of nitrogens with one attached hydrogen (secondary N) is 1. The highest BCUT2D eigenvalue weighted by Gasteiger charge is 2.31. The fraction of sp³-hybridized carbons (Fsp3) is 0.273. The van der Waals surface area contributed by atoms with Crippen molar-refractivity contribution in [2.24, 2.45) is 0 Å². The molecule has 0 fully saturated rings. The van der Waals surface area contributed by atoms with Gasteiger partial charge in [-0.05, 0) is 38.7 Å². The van der Waals surface area contributed by atoms with E-state index in [-0.39, 0.29) is 12.2 Å². The van der Waals surface area contributed by atoms with Gasteiger partial charge in [0.25, 0.3) is 5.91 Å². The van der Waals surface area contributed by atoms with E-state index in [0.717, 1.165) is 23.3 Å². The number of alkyl halides is 3. The Bertz CT molecular complexity index is 1010. The van der Waals surface area contributed by atoms with Crippen molar-refractivity contribution in [1.29, 1.82) is 0 Å². The summed E-state index contributed by atoms with van der Waals surface area (Å²) in [5.74, 6) is -0.00174. The molecular weight excluding hydrogens is 395 g/mol. The van der Waals surface area contributed by atoms with Gasteiger partial charge in [-0.1, -0.05) is 47.1 Å². The number of carbonyl (C=O) groups is 1. The van der Waals surface area contributed by atoms with Crippen LogP contribution < -0.4 is 5.32 Å². The largest absolute Gasteiger partial charge is 0.416 e. The number of benzene rings is 2. The summed E-state index contributed by atoms with van der Waals surface area (Å²) in [6.45, 7) is 2.08. The van der Waals surface area contributed by atoms with Crippen molar-refractivity contribution in [3.8, 4) is 11.3 Å². The van der Waals surface area contributed by atoms with Crippen molar-refractivity contribution >= 4 is 5.91 Å². The van der Waals surface area contributed by atoms with Crippen LogP contribution in [0.25, 0.3) is 11.3 Å². The normalized spacial score (nSPS) is 12.8. The van der Waals surface area contributed by atoms with E-state index >= 15 is 0 Å². The van der Waals surface area contributed by atoms with E-state index in [4.69, 9.17) is 4.52 Å². The Hall–Kier alpha value is -3.13. The highest BCUT2D eigenvalue weighted by atomic mass is 19.4. The smallest absolute Gasteiger partial charge is 0.355 e. The molecule has 1 amide bonds. The molecule has 1 heterocycles. The molecule has 30 heavy (non-hydrogen) atoms. The molecule has 3 rings (SSSR count). The van der Waals surface area contributed by atoms with Crippen LogP contribution in [0.2, 0.25) is 0 Å². The minimum Gasteiger partial charge on any atom is -0.355 e. The summed E-state index contributed by atoms with van der Waals surface area (Å²) in [4.78, 5) is 14.2. The standard InChI is InChI=1S/C22H22F3N3O2/c1-14-7-9-15(10-8-14)20-12-18(27-30-20)21(29)26-13-19(28(2)3)16-5-4-6-17(11-16)22(23,24)25/h4-12,19H,13H2,1-3H3,(H,26,29)/t19-/m1/s1. The van der Waals surface area contributed by atoms with Crippen LogP contribution in [0.4, 0.5) is 13.2 Å². The molecule has 0 saturated carbocycles. The maximum atomic E-state index is 13.0. The Morgan fingerprint density at radius 1 is 1.13 bits per heavy atom. The SMILES string of the molecule is Cc1ccc(-c2cc(C(=O)NC[C@H](c3cccc(C(F)(F)F)c3)N(C)C)no2)cc1. The number of nitrogens with zero attached hydrogens (tertiary/aromatic N) is 2. The van der Waals surface area contributed by atoms with Gasteiger partial charge in [-0.2, -0.15) is 13.2 Å². The first-order valence-electron chi connectivity index (χ1n) is 9.30. The van der Waals surface area contributed by atoms with Gasteiger partial charge >= 0.3 is 6.18 Å². The zero-order valence-corrected chi connectivity index (χ0v) is 16.8. The maximum absolute atomic E-state index is 13.0. The van der Waals surface area contributed by atoms with E-state index in [1.165, 1.54) is 12.1 Å². The molecule has 0 unspecified atom stereocenters. The third-order valence-electron chi connectivity index (χ3n) is 4.76. The van der Waals surface area contributed by atoms with Crippen molar-refractivity contribution in [2.45, 2.75) is 19.1 Å². The molecule has 1 atom stereocenters. The van der Waals surface area contributed by atoms with E-state index < -0.39 is 23.7 Å². The summed E-state index contributed by atoms with van der Waals surface area (Å²) in [6.07, 6.45) is -4.43. The minimum absolute atomic E-state index is 0.104. The molecule has 2 aromatic carbocycles. The average molecular weight is 417 g/mol. The predicted molar refractivity (Wildman–Crippen MR) is 107 cm³/mol.